The summed E-state index contributed by atoms with van der Waals surface area (Å²) in [5, 5.41) is 14.6. The first-order valence-corrected chi connectivity index (χ1v) is 7.11. The molecule has 1 rings (SSSR count). The topological polar surface area (TPSA) is 61.4 Å². The number of rotatable bonds is 9. The van der Waals surface area contributed by atoms with Gasteiger partial charge in [-0.1, -0.05) is 31.0 Å². The number of unbranched alkanes of at least 4 members (excludes halogenated alkanes) is 3. The average Bonchev–Trinajstić information content (AvgIpc) is 2.47. The van der Waals surface area contributed by atoms with Crippen molar-refractivity contribution in [1.29, 1.82) is 0 Å². The highest BCUT2D eigenvalue weighted by atomic mass is 16.2. The Morgan fingerprint density at radius 2 is 1.85 bits per heavy atom. The molecule has 1 aromatic carbocycles. The highest BCUT2D eigenvalue weighted by molar-refractivity contribution is 6.03. The van der Waals surface area contributed by atoms with Gasteiger partial charge in [0.25, 0.3) is 5.91 Å². The van der Waals surface area contributed by atoms with E-state index in [1.165, 1.54) is 0 Å². The Bertz CT molecular complexity index is 416. The summed E-state index contributed by atoms with van der Waals surface area (Å²) in [6.45, 7) is 2.91. The van der Waals surface area contributed by atoms with Crippen LogP contribution in [0.25, 0.3) is 0 Å². The van der Waals surface area contributed by atoms with Crippen LogP contribution in [-0.2, 0) is 4.79 Å². The quantitative estimate of drug-likeness (QED) is 0.480. The van der Waals surface area contributed by atoms with Gasteiger partial charge in [-0.05, 0) is 31.9 Å². The van der Waals surface area contributed by atoms with E-state index in [9.17, 15) is 4.79 Å². The predicted octanol–water partition coefficient (Wildman–Crippen LogP) is 2.67. The second kappa shape index (κ2) is 10.0. The van der Waals surface area contributed by atoms with Crippen molar-refractivity contribution in [2.45, 2.75) is 32.6 Å². The molecule has 0 aliphatic heterocycles. The van der Waals surface area contributed by atoms with Crippen molar-refractivity contribution in [3.8, 4) is 0 Å². The SMILES string of the molecule is C/C(=C/NCCCCCCO)C(=O)Nc1ccccc1. The van der Waals surface area contributed by atoms with Gasteiger partial charge >= 0.3 is 0 Å². The van der Waals surface area contributed by atoms with E-state index in [-0.39, 0.29) is 12.5 Å². The molecule has 4 nitrogen and oxygen atoms in total. The molecule has 0 saturated carbocycles. The third-order valence-corrected chi connectivity index (χ3v) is 2.94. The van der Waals surface area contributed by atoms with E-state index in [0.717, 1.165) is 37.9 Å². The van der Waals surface area contributed by atoms with E-state index in [1.54, 1.807) is 13.1 Å². The fraction of sp³-hybridized carbons (Fsp3) is 0.438. The normalized spacial score (nSPS) is 11.2. The van der Waals surface area contributed by atoms with Gasteiger partial charge in [0, 0.05) is 30.6 Å². The monoisotopic (exact) mass is 276 g/mol. The third-order valence-electron chi connectivity index (χ3n) is 2.94. The van der Waals surface area contributed by atoms with Gasteiger partial charge in [0.15, 0.2) is 0 Å². The van der Waals surface area contributed by atoms with E-state index in [1.807, 2.05) is 30.3 Å². The number of carbonyl (C=O) groups is 1. The molecule has 0 saturated heterocycles. The Labute approximate surface area is 120 Å². The van der Waals surface area contributed by atoms with E-state index < -0.39 is 0 Å². The van der Waals surface area contributed by atoms with Crippen molar-refractivity contribution < 1.29 is 9.90 Å². The van der Waals surface area contributed by atoms with E-state index >= 15 is 0 Å². The second-order valence-corrected chi connectivity index (χ2v) is 4.74. The fourth-order valence-electron chi connectivity index (χ4n) is 1.73. The number of para-hydroxylation sites is 1. The molecule has 0 aliphatic rings. The molecule has 110 valence electrons. The second-order valence-electron chi connectivity index (χ2n) is 4.74. The van der Waals surface area contributed by atoms with Gasteiger partial charge in [0.05, 0.1) is 0 Å². The first-order valence-electron chi connectivity index (χ1n) is 7.11. The molecule has 1 amide bonds. The van der Waals surface area contributed by atoms with Crippen LogP contribution in [0, 0.1) is 0 Å². The summed E-state index contributed by atoms with van der Waals surface area (Å²) in [6, 6.07) is 9.41. The number of hydrogen-bond donors (Lipinski definition) is 3. The Balaban J connectivity index is 2.21. The Kier molecular flexibility index (Phi) is 8.15. The molecule has 0 bridgehead atoms. The van der Waals surface area contributed by atoms with Crippen molar-refractivity contribution in [3.63, 3.8) is 0 Å². The number of anilines is 1. The van der Waals surface area contributed by atoms with Crippen molar-refractivity contribution in [1.82, 2.24) is 5.32 Å². The molecule has 0 heterocycles. The van der Waals surface area contributed by atoms with Gasteiger partial charge < -0.3 is 15.7 Å². The van der Waals surface area contributed by atoms with E-state index in [4.69, 9.17) is 5.11 Å². The van der Waals surface area contributed by atoms with Crippen LogP contribution in [0.1, 0.15) is 32.6 Å². The Morgan fingerprint density at radius 1 is 1.15 bits per heavy atom. The highest BCUT2D eigenvalue weighted by Gasteiger charge is 2.03. The minimum atomic E-state index is -0.0935. The summed E-state index contributed by atoms with van der Waals surface area (Å²) < 4.78 is 0. The van der Waals surface area contributed by atoms with Crippen LogP contribution in [0.3, 0.4) is 0 Å². The van der Waals surface area contributed by atoms with Crippen molar-refractivity contribution in [2.75, 3.05) is 18.5 Å². The number of benzene rings is 1. The number of hydrogen-bond acceptors (Lipinski definition) is 3. The summed E-state index contributed by atoms with van der Waals surface area (Å²) in [5.41, 5.74) is 1.46. The lowest BCUT2D eigenvalue weighted by molar-refractivity contribution is -0.112. The van der Waals surface area contributed by atoms with E-state index in [0.29, 0.717) is 5.57 Å². The van der Waals surface area contributed by atoms with Gasteiger partial charge in [-0.15, -0.1) is 0 Å². The Hall–Kier alpha value is -1.81. The molecular weight excluding hydrogens is 252 g/mol. The van der Waals surface area contributed by atoms with Gasteiger partial charge in [0.2, 0.25) is 0 Å². The molecule has 4 heteroatoms. The van der Waals surface area contributed by atoms with Crippen molar-refractivity contribution in [2.24, 2.45) is 0 Å². The molecule has 3 N–H and O–H groups in total. The minimum Gasteiger partial charge on any atom is -0.396 e. The molecule has 1 aromatic rings. The van der Waals surface area contributed by atoms with Crippen LogP contribution < -0.4 is 10.6 Å². The molecule has 0 aromatic heterocycles. The van der Waals surface area contributed by atoms with Crippen LogP contribution >= 0.6 is 0 Å². The molecule has 0 spiro atoms. The van der Waals surface area contributed by atoms with Crippen molar-refractivity contribution in [3.05, 3.63) is 42.1 Å². The summed E-state index contributed by atoms with van der Waals surface area (Å²) in [5.74, 6) is -0.0935. The number of aliphatic hydroxyl groups is 1. The minimum absolute atomic E-state index is 0.0935. The predicted molar refractivity (Wildman–Crippen MR) is 82.4 cm³/mol. The zero-order valence-electron chi connectivity index (χ0n) is 12.1. The van der Waals surface area contributed by atoms with Crippen LogP contribution in [-0.4, -0.2) is 24.2 Å². The number of carbonyl (C=O) groups excluding carboxylic acids is 1. The van der Waals surface area contributed by atoms with Crippen LogP contribution in [0.2, 0.25) is 0 Å². The maximum Gasteiger partial charge on any atom is 0.252 e. The van der Waals surface area contributed by atoms with Crippen molar-refractivity contribution >= 4 is 11.6 Å². The Morgan fingerprint density at radius 3 is 2.55 bits per heavy atom. The first kappa shape index (κ1) is 16.2. The maximum absolute atomic E-state index is 11.9. The fourth-order valence-corrected chi connectivity index (χ4v) is 1.73. The first-order chi connectivity index (χ1) is 9.74. The number of aliphatic hydroxyl groups excluding tert-OH is 1. The maximum atomic E-state index is 11.9. The molecule has 20 heavy (non-hydrogen) atoms. The lowest BCUT2D eigenvalue weighted by Gasteiger charge is -2.06. The van der Waals surface area contributed by atoms with Gasteiger partial charge in [-0.2, -0.15) is 0 Å². The molecular formula is C16H24N2O2. The summed E-state index contributed by atoms with van der Waals surface area (Å²) >= 11 is 0. The van der Waals surface area contributed by atoms with Crippen LogP contribution in [0.5, 0.6) is 0 Å². The lowest BCUT2D eigenvalue weighted by atomic mass is 10.2. The number of amides is 1. The molecule has 0 fully saturated rings. The smallest absolute Gasteiger partial charge is 0.252 e. The lowest BCUT2D eigenvalue weighted by Crippen LogP contribution is -2.16. The van der Waals surface area contributed by atoms with Gasteiger partial charge in [0.1, 0.15) is 0 Å². The highest BCUT2D eigenvalue weighted by Crippen LogP contribution is 2.06. The molecule has 0 unspecified atom stereocenters. The summed E-state index contributed by atoms with van der Waals surface area (Å²) in [6.07, 6.45) is 5.81. The van der Waals surface area contributed by atoms with Gasteiger partial charge in [-0.25, -0.2) is 0 Å². The molecule has 0 aliphatic carbocycles. The third kappa shape index (κ3) is 6.95. The van der Waals surface area contributed by atoms with E-state index in [2.05, 4.69) is 10.6 Å². The average molecular weight is 276 g/mol. The zero-order chi connectivity index (χ0) is 14.6. The van der Waals surface area contributed by atoms with Gasteiger partial charge in [-0.3, -0.25) is 4.79 Å². The zero-order valence-corrected chi connectivity index (χ0v) is 12.1. The molecule has 0 atom stereocenters. The number of nitrogens with one attached hydrogen (secondary N) is 2. The van der Waals surface area contributed by atoms with Crippen LogP contribution in [0.15, 0.2) is 42.1 Å². The largest absolute Gasteiger partial charge is 0.396 e. The molecule has 0 radical (unpaired) electrons. The summed E-state index contributed by atoms with van der Waals surface area (Å²) in [4.78, 5) is 11.9. The van der Waals surface area contributed by atoms with Crippen LogP contribution in [0.4, 0.5) is 5.69 Å². The summed E-state index contributed by atoms with van der Waals surface area (Å²) in [7, 11) is 0. The standard InChI is InChI=1S/C16H24N2O2/c1-14(13-17-11-7-2-3-8-12-19)16(20)18-15-9-5-4-6-10-15/h4-6,9-10,13,17,19H,2-3,7-8,11-12H2,1H3,(H,18,20)/b14-13-.